The zero-order chi connectivity index (χ0) is 16.2. The van der Waals surface area contributed by atoms with Gasteiger partial charge in [-0.1, -0.05) is 16.9 Å². The molecule has 0 aliphatic rings. The lowest BCUT2D eigenvalue weighted by molar-refractivity contribution is -0.118. The van der Waals surface area contributed by atoms with Crippen LogP contribution in [0.15, 0.2) is 28.0 Å². The number of aromatic nitrogens is 7. The molecule has 3 aromatic rings. The summed E-state index contributed by atoms with van der Waals surface area (Å²) in [7, 11) is 3.61. The summed E-state index contributed by atoms with van der Waals surface area (Å²) in [5, 5.41) is 18.2. The smallest absolute Gasteiger partial charge is 0.246 e. The Bertz CT molecular complexity index is 807. The van der Waals surface area contributed by atoms with Crippen molar-refractivity contribution in [1.29, 1.82) is 0 Å². The van der Waals surface area contributed by atoms with Crippen LogP contribution in [0.4, 0.5) is 0 Å². The van der Waals surface area contributed by atoms with Crippen LogP contribution in [0.5, 0.6) is 0 Å². The zero-order valence-corrected chi connectivity index (χ0v) is 13.3. The summed E-state index contributed by atoms with van der Waals surface area (Å²) in [6.07, 6.45) is 1.89. The van der Waals surface area contributed by atoms with E-state index in [1.807, 2.05) is 29.9 Å². The van der Waals surface area contributed by atoms with Gasteiger partial charge in [0.15, 0.2) is 0 Å². The van der Waals surface area contributed by atoms with Gasteiger partial charge < -0.3 is 14.4 Å². The number of nitrogens with one attached hydrogen (secondary N) is 1. The number of rotatable bonds is 6. The SMILES string of the molecule is Cn1cccc1-c1noc(CNC(=O)CSc2nnnn2C)n1. The number of aryl methyl sites for hydroxylation is 2. The van der Waals surface area contributed by atoms with E-state index < -0.39 is 0 Å². The number of thioether (sulfide) groups is 1. The highest BCUT2D eigenvalue weighted by Crippen LogP contribution is 2.15. The highest BCUT2D eigenvalue weighted by molar-refractivity contribution is 7.99. The maximum atomic E-state index is 11.8. The zero-order valence-electron chi connectivity index (χ0n) is 12.5. The van der Waals surface area contributed by atoms with Gasteiger partial charge in [0, 0.05) is 20.3 Å². The first-order valence-electron chi connectivity index (χ1n) is 6.69. The van der Waals surface area contributed by atoms with E-state index >= 15 is 0 Å². The lowest BCUT2D eigenvalue weighted by Crippen LogP contribution is -2.24. The van der Waals surface area contributed by atoms with Crippen LogP contribution >= 0.6 is 11.8 Å². The standard InChI is InChI=1S/C12H14N8O2S/c1-19-5-3-4-8(19)11-14-10(22-16-11)6-13-9(21)7-23-12-15-17-18-20(12)2/h3-5H,6-7H2,1-2H3,(H,13,21). The molecule has 0 saturated carbocycles. The Hall–Kier alpha value is -2.69. The van der Waals surface area contributed by atoms with E-state index in [0.717, 1.165) is 5.69 Å². The van der Waals surface area contributed by atoms with Crippen LogP contribution in [0.1, 0.15) is 5.89 Å². The van der Waals surface area contributed by atoms with Crippen LogP contribution < -0.4 is 5.32 Å². The van der Waals surface area contributed by atoms with Crippen LogP contribution in [-0.2, 0) is 25.4 Å². The molecule has 0 bridgehead atoms. The molecule has 3 aromatic heterocycles. The second-order valence-electron chi connectivity index (χ2n) is 4.67. The van der Waals surface area contributed by atoms with E-state index in [4.69, 9.17) is 4.52 Å². The summed E-state index contributed by atoms with van der Waals surface area (Å²) in [5.74, 6) is 0.866. The molecule has 11 heteroatoms. The molecule has 3 heterocycles. The molecular weight excluding hydrogens is 320 g/mol. The van der Waals surface area contributed by atoms with E-state index in [9.17, 15) is 4.79 Å². The molecule has 0 spiro atoms. The van der Waals surface area contributed by atoms with E-state index in [1.165, 1.54) is 16.4 Å². The summed E-state index contributed by atoms with van der Waals surface area (Å²) >= 11 is 1.25. The van der Waals surface area contributed by atoms with Gasteiger partial charge in [0.1, 0.15) is 0 Å². The van der Waals surface area contributed by atoms with Crippen molar-refractivity contribution < 1.29 is 9.32 Å². The van der Waals surface area contributed by atoms with E-state index in [-0.39, 0.29) is 18.2 Å². The fourth-order valence-corrected chi connectivity index (χ4v) is 2.50. The van der Waals surface area contributed by atoms with Crippen LogP contribution in [0.2, 0.25) is 0 Å². The number of nitrogens with zero attached hydrogens (tertiary/aromatic N) is 7. The lowest BCUT2D eigenvalue weighted by atomic mass is 10.4. The first kappa shape index (κ1) is 15.2. The third-order valence-corrected chi connectivity index (χ3v) is 4.00. The normalized spacial score (nSPS) is 10.9. The first-order valence-corrected chi connectivity index (χ1v) is 7.68. The summed E-state index contributed by atoms with van der Waals surface area (Å²) in [5.41, 5.74) is 0.844. The summed E-state index contributed by atoms with van der Waals surface area (Å²) in [4.78, 5) is 16.1. The number of hydrogen-bond acceptors (Lipinski definition) is 8. The van der Waals surface area contributed by atoms with E-state index in [2.05, 4.69) is 31.0 Å². The van der Waals surface area contributed by atoms with Gasteiger partial charge in [0.25, 0.3) is 0 Å². The van der Waals surface area contributed by atoms with E-state index in [1.54, 1.807) is 7.05 Å². The fourth-order valence-electron chi connectivity index (χ4n) is 1.82. The maximum absolute atomic E-state index is 11.8. The minimum Gasteiger partial charge on any atom is -0.348 e. The molecule has 120 valence electrons. The molecule has 1 N–H and O–H groups in total. The minimum atomic E-state index is -0.170. The van der Waals surface area contributed by atoms with Crippen molar-refractivity contribution in [1.82, 2.24) is 40.2 Å². The van der Waals surface area contributed by atoms with Crippen molar-refractivity contribution in [3.63, 3.8) is 0 Å². The maximum Gasteiger partial charge on any atom is 0.246 e. The van der Waals surface area contributed by atoms with E-state index in [0.29, 0.717) is 16.9 Å². The van der Waals surface area contributed by atoms with Gasteiger partial charge in [0.05, 0.1) is 18.0 Å². The average molecular weight is 334 g/mol. The molecule has 0 atom stereocenters. The Morgan fingerprint density at radius 2 is 2.30 bits per heavy atom. The van der Waals surface area contributed by atoms with Crippen molar-refractivity contribution in [2.45, 2.75) is 11.7 Å². The Balaban J connectivity index is 1.51. The molecule has 0 aliphatic carbocycles. The molecule has 0 radical (unpaired) electrons. The second kappa shape index (κ2) is 6.60. The second-order valence-corrected chi connectivity index (χ2v) is 5.61. The van der Waals surface area contributed by atoms with Gasteiger partial charge in [-0.15, -0.1) is 5.10 Å². The van der Waals surface area contributed by atoms with Gasteiger partial charge >= 0.3 is 0 Å². The Morgan fingerprint density at radius 1 is 1.43 bits per heavy atom. The monoisotopic (exact) mass is 334 g/mol. The van der Waals surface area contributed by atoms with Crippen LogP contribution in [0, 0.1) is 0 Å². The average Bonchev–Trinajstić information content (AvgIpc) is 3.24. The molecule has 0 aliphatic heterocycles. The van der Waals surface area contributed by atoms with Crippen LogP contribution in [0.3, 0.4) is 0 Å². The molecule has 0 fully saturated rings. The Kier molecular flexibility index (Phi) is 4.37. The molecular formula is C12H14N8O2S. The van der Waals surface area contributed by atoms with Crippen molar-refractivity contribution >= 4 is 17.7 Å². The molecule has 0 saturated heterocycles. The molecule has 23 heavy (non-hydrogen) atoms. The number of tetrazole rings is 1. The Morgan fingerprint density at radius 3 is 3.00 bits per heavy atom. The largest absolute Gasteiger partial charge is 0.348 e. The number of carbonyl (C=O) groups is 1. The van der Waals surface area contributed by atoms with Crippen molar-refractivity contribution in [3.8, 4) is 11.5 Å². The highest BCUT2D eigenvalue weighted by Gasteiger charge is 2.12. The third kappa shape index (κ3) is 3.56. The number of carbonyl (C=O) groups excluding carboxylic acids is 1. The molecule has 1 amide bonds. The molecule has 3 rings (SSSR count). The quantitative estimate of drug-likeness (QED) is 0.626. The van der Waals surface area contributed by atoms with Crippen molar-refractivity contribution in [2.75, 3.05) is 5.75 Å². The van der Waals surface area contributed by atoms with Gasteiger partial charge in [-0.25, -0.2) is 4.68 Å². The third-order valence-electron chi connectivity index (χ3n) is 2.99. The van der Waals surface area contributed by atoms with Gasteiger partial charge in [-0.05, 0) is 22.6 Å². The van der Waals surface area contributed by atoms with Crippen molar-refractivity contribution in [2.24, 2.45) is 14.1 Å². The predicted octanol–water partition coefficient (Wildman–Crippen LogP) is 0.00710. The molecule has 0 unspecified atom stereocenters. The van der Waals surface area contributed by atoms with Crippen molar-refractivity contribution in [3.05, 3.63) is 24.2 Å². The van der Waals surface area contributed by atoms with Gasteiger partial charge in [-0.3, -0.25) is 4.79 Å². The molecule has 0 aromatic carbocycles. The summed E-state index contributed by atoms with van der Waals surface area (Å²) in [6, 6.07) is 3.78. The molecule has 10 nitrogen and oxygen atoms in total. The first-order chi connectivity index (χ1) is 11.1. The lowest BCUT2D eigenvalue weighted by Gasteiger charge is -2.01. The predicted molar refractivity (Wildman–Crippen MR) is 80.1 cm³/mol. The highest BCUT2D eigenvalue weighted by atomic mass is 32.2. The topological polar surface area (TPSA) is 117 Å². The van der Waals surface area contributed by atoms with Crippen LogP contribution in [0.25, 0.3) is 11.5 Å². The summed E-state index contributed by atoms with van der Waals surface area (Å²) in [6.45, 7) is 0.174. The van der Waals surface area contributed by atoms with Gasteiger partial charge in [0.2, 0.25) is 22.8 Å². The number of hydrogen-bond donors (Lipinski definition) is 1. The van der Waals surface area contributed by atoms with Gasteiger partial charge in [-0.2, -0.15) is 4.98 Å². The van der Waals surface area contributed by atoms with Crippen LogP contribution in [-0.4, -0.2) is 46.6 Å². The summed E-state index contributed by atoms with van der Waals surface area (Å²) < 4.78 is 8.52. The number of amides is 1. The Labute approximate surface area is 135 Å². The minimum absolute atomic E-state index is 0.170. The fraction of sp³-hybridized carbons (Fsp3) is 0.333.